The molecule has 1 aliphatic heterocycles. The van der Waals surface area contributed by atoms with E-state index in [4.69, 9.17) is 11.6 Å². The van der Waals surface area contributed by atoms with Crippen LogP contribution >= 0.6 is 11.6 Å². The molecule has 0 bridgehead atoms. The van der Waals surface area contributed by atoms with Crippen molar-refractivity contribution in [3.63, 3.8) is 0 Å². The van der Waals surface area contributed by atoms with Gasteiger partial charge in [0.2, 0.25) is 5.91 Å². The number of fused-ring (bicyclic) bond motifs is 1. The molecule has 8 heteroatoms. The van der Waals surface area contributed by atoms with E-state index in [9.17, 15) is 18.8 Å². The topological polar surface area (TPSA) is 78.5 Å². The van der Waals surface area contributed by atoms with Crippen molar-refractivity contribution >= 4 is 35.1 Å². The zero-order valence-electron chi connectivity index (χ0n) is 14.8. The van der Waals surface area contributed by atoms with Gasteiger partial charge in [-0.25, -0.2) is 9.18 Å². The molecule has 1 atom stereocenters. The van der Waals surface area contributed by atoms with Crippen molar-refractivity contribution < 1.29 is 18.8 Å². The molecule has 28 heavy (non-hydrogen) atoms. The van der Waals surface area contributed by atoms with E-state index in [1.165, 1.54) is 12.1 Å². The summed E-state index contributed by atoms with van der Waals surface area (Å²) in [6, 6.07) is 11.0. The lowest BCUT2D eigenvalue weighted by Crippen LogP contribution is -2.51. The van der Waals surface area contributed by atoms with Gasteiger partial charge in [0.05, 0.1) is 5.69 Å². The van der Waals surface area contributed by atoms with Crippen LogP contribution in [0.25, 0.3) is 0 Å². The minimum absolute atomic E-state index is 0.0669. The molecule has 144 valence electrons. The van der Waals surface area contributed by atoms with Crippen LogP contribution in [0.4, 0.5) is 14.9 Å². The molecule has 1 saturated heterocycles. The molecule has 1 spiro atoms. The second kappa shape index (κ2) is 6.91. The Balaban J connectivity index is 1.48. The highest BCUT2D eigenvalue weighted by Crippen LogP contribution is 2.33. The fraction of sp³-hybridized carbons (Fsp3) is 0.250. The van der Waals surface area contributed by atoms with Crippen LogP contribution in [0.3, 0.4) is 0 Å². The number of urea groups is 1. The zero-order valence-corrected chi connectivity index (χ0v) is 15.6. The summed E-state index contributed by atoms with van der Waals surface area (Å²) in [5.74, 6) is -1.80. The van der Waals surface area contributed by atoms with E-state index >= 15 is 0 Å². The Labute approximate surface area is 165 Å². The van der Waals surface area contributed by atoms with Gasteiger partial charge in [0.25, 0.3) is 5.91 Å². The second-order valence-corrected chi connectivity index (χ2v) is 7.46. The quantitative estimate of drug-likeness (QED) is 0.776. The molecular formula is C20H17ClFN3O3. The predicted octanol–water partition coefficient (Wildman–Crippen LogP) is 2.90. The average molecular weight is 402 g/mol. The van der Waals surface area contributed by atoms with Crippen LogP contribution in [0.1, 0.15) is 17.5 Å². The van der Waals surface area contributed by atoms with Gasteiger partial charge in [0.15, 0.2) is 0 Å². The Morgan fingerprint density at radius 1 is 1.21 bits per heavy atom. The van der Waals surface area contributed by atoms with Gasteiger partial charge in [0.1, 0.15) is 17.9 Å². The number of imide groups is 1. The van der Waals surface area contributed by atoms with Gasteiger partial charge in [-0.1, -0.05) is 35.9 Å². The molecule has 0 saturated carbocycles. The van der Waals surface area contributed by atoms with Crippen molar-refractivity contribution in [2.75, 3.05) is 11.9 Å². The molecule has 2 N–H and O–H groups in total. The van der Waals surface area contributed by atoms with Crippen molar-refractivity contribution in [1.29, 1.82) is 0 Å². The normalized spacial score (nSPS) is 20.9. The monoisotopic (exact) mass is 401 g/mol. The molecular weight excluding hydrogens is 385 g/mol. The van der Waals surface area contributed by atoms with Crippen molar-refractivity contribution in [2.24, 2.45) is 0 Å². The first-order valence-corrected chi connectivity index (χ1v) is 9.21. The van der Waals surface area contributed by atoms with Crippen LogP contribution in [0.5, 0.6) is 0 Å². The number of aryl methyl sites for hydroxylation is 1. The van der Waals surface area contributed by atoms with Crippen LogP contribution in [0.2, 0.25) is 5.02 Å². The van der Waals surface area contributed by atoms with Crippen molar-refractivity contribution in [2.45, 2.75) is 24.8 Å². The molecule has 4 amide bonds. The summed E-state index contributed by atoms with van der Waals surface area (Å²) < 4.78 is 13.8. The molecule has 1 heterocycles. The third kappa shape index (κ3) is 3.22. The largest absolute Gasteiger partial charge is 0.325 e. The predicted molar refractivity (Wildman–Crippen MR) is 101 cm³/mol. The maximum atomic E-state index is 13.8. The van der Waals surface area contributed by atoms with Gasteiger partial charge in [-0.3, -0.25) is 14.5 Å². The summed E-state index contributed by atoms with van der Waals surface area (Å²) in [5, 5.41) is 5.33. The number of anilines is 1. The molecule has 0 unspecified atom stereocenters. The van der Waals surface area contributed by atoms with E-state index < -0.39 is 35.7 Å². The standard InChI is InChI=1S/C20H17ClFN3O3/c21-14-5-6-16(15(22)9-14)23-17(26)11-25-18(27)20(24-19(25)28)8-7-12-3-1-2-4-13(12)10-20/h1-6,9H,7-8,10-11H2,(H,23,26)(H,24,28)/t20-/m0/s1. The maximum absolute atomic E-state index is 13.8. The Kier molecular flexibility index (Phi) is 4.55. The Bertz CT molecular complexity index is 996. The van der Waals surface area contributed by atoms with Crippen LogP contribution in [-0.4, -0.2) is 34.8 Å². The number of hydrogen-bond acceptors (Lipinski definition) is 3. The average Bonchev–Trinajstić information content (AvgIpc) is 2.88. The van der Waals surface area contributed by atoms with Crippen molar-refractivity contribution in [3.05, 3.63) is 64.4 Å². The maximum Gasteiger partial charge on any atom is 0.325 e. The first-order valence-electron chi connectivity index (χ1n) is 8.84. The van der Waals surface area contributed by atoms with Crippen LogP contribution in [-0.2, 0) is 22.4 Å². The van der Waals surface area contributed by atoms with E-state index in [1.54, 1.807) is 0 Å². The molecule has 0 radical (unpaired) electrons. The molecule has 2 aromatic rings. The van der Waals surface area contributed by atoms with Gasteiger partial charge < -0.3 is 10.6 Å². The summed E-state index contributed by atoms with van der Waals surface area (Å²) in [6.45, 7) is -0.490. The van der Waals surface area contributed by atoms with Gasteiger partial charge in [-0.05, 0) is 42.2 Å². The van der Waals surface area contributed by atoms with Gasteiger partial charge in [0, 0.05) is 11.4 Å². The van der Waals surface area contributed by atoms with Crippen molar-refractivity contribution in [1.82, 2.24) is 10.2 Å². The van der Waals surface area contributed by atoms with E-state index in [-0.39, 0.29) is 10.7 Å². The molecule has 2 aromatic carbocycles. The first-order chi connectivity index (χ1) is 13.4. The zero-order chi connectivity index (χ0) is 19.9. The lowest BCUT2D eigenvalue weighted by Gasteiger charge is -2.32. The number of rotatable bonds is 3. The van der Waals surface area contributed by atoms with Gasteiger partial charge >= 0.3 is 6.03 Å². The number of nitrogens with zero attached hydrogens (tertiary/aromatic N) is 1. The summed E-state index contributed by atoms with van der Waals surface area (Å²) in [5.41, 5.74) is 1.07. The molecule has 1 aliphatic carbocycles. The third-order valence-electron chi connectivity index (χ3n) is 5.18. The number of hydrogen-bond donors (Lipinski definition) is 2. The van der Waals surface area contributed by atoms with Crippen LogP contribution < -0.4 is 10.6 Å². The Morgan fingerprint density at radius 2 is 1.96 bits per heavy atom. The Hall–Kier alpha value is -2.93. The lowest BCUT2D eigenvalue weighted by atomic mass is 9.78. The lowest BCUT2D eigenvalue weighted by molar-refractivity contribution is -0.134. The summed E-state index contributed by atoms with van der Waals surface area (Å²) >= 11 is 5.69. The number of carbonyl (C=O) groups is 3. The highest BCUT2D eigenvalue weighted by Gasteiger charge is 2.52. The molecule has 2 aliphatic rings. The number of amides is 4. The first kappa shape index (κ1) is 18.4. The summed E-state index contributed by atoms with van der Waals surface area (Å²) in [6.07, 6.45) is 1.52. The summed E-state index contributed by atoms with van der Waals surface area (Å²) in [7, 11) is 0. The van der Waals surface area contributed by atoms with E-state index in [0.29, 0.717) is 19.3 Å². The molecule has 0 aromatic heterocycles. The minimum Gasteiger partial charge on any atom is -0.323 e. The molecule has 6 nitrogen and oxygen atoms in total. The molecule has 4 rings (SSSR count). The minimum atomic E-state index is -1.03. The number of halogens is 2. The van der Waals surface area contributed by atoms with E-state index in [2.05, 4.69) is 10.6 Å². The fourth-order valence-corrected chi connectivity index (χ4v) is 3.93. The van der Waals surface area contributed by atoms with E-state index in [1.807, 2.05) is 24.3 Å². The number of nitrogens with one attached hydrogen (secondary N) is 2. The van der Waals surface area contributed by atoms with Crippen LogP contribution in [0, 0.1) is 5.82 Å². The fourth-order valence-electron chi connectivity index (χ4n) is 3.77. The molecule has 1 fully saturated rings. The van der Waals surface area contributed by atoms with Gasteiger partial charge in [-0.2, -0.15) is 0 Å². The van der Waals surface area contributed by atoms with Crippen molar-refractivity contribution in [3.8, 4) is 0 Å². The highest BCUT2D eigenvalue weighted by molar-refractivity contribution is 6.30. The highest BCUT2D eigenvalue weighted by atomic mass is 35.5. The van der Waals surface area contributed by atoms with Gasteiger partial charge in [-0.15, -0.1) is 0 Å². The second-order valence-electron chi connectivity index (χ2n) is 7.02. The number of carbonyl (C=O) groups excluding carboxylic acids is 3. The Morgan fingerprint density at radius 3 is 2.71 bits per heavy atom. The third-order valence-corrected chi connectivity index (χ3v) is 5.42. The SMILES string of the molecule is O=C(CN1C(=O)N[C@]2(CCc3ccccc3C2)C1=O)Nc1ccc(Cl)cc1F. The summed E-state index contributed by atoms with van der Waals surface area (Å²) in [4.78, 5) is 38.5. The van der Waals surface area contributed by atoms with E-state index in [0.717, 1.165) is 22.1 Å². The van der Waals surface area contributed by atoms with Crippen LogP contribution in [0.15, 0.2) is 42.5 Å². The number of benzene rings is 2. The smallest absolute Gasteiger partial charge is 0.323 e.